The minimum atomic E-state index is 0.500. The average Bonchev–Trinajstić information content (AvgIpc) is 2.36. The molecule has 5 nitrogen and oxygen atoms in total. The summed E-state index contributed by atoms with van der Waals surface area (Å²) in [5.74, 6) is 5.88. The molecular formula is C11H16ClN5. The predicted octanol–water partition coefficient (Wildman–Crippen LogP) is 1.76. The highest BCUT2D eigenvalue weighted by Crippen LogP contribution is 2.18. The largest absolute Gasteiger partial charge is 0.308 e. The van der Waals surface area contributed by atoms with Gasteiger partial charge in [-0.15, -0.1) is 0 Å². The number of rotatable bonds is 6. The molecule has 0 atom stereocenters. The van der Waals surface area contributed by atoms with Crippen LogP contribution in [0.2, 0.25) is 5.02 Å². The van der Waals surface area contributed by atoms with Gasteiger partial charge in [0, 0.05) is 19.5 Å². The number of hydrogen-bond donors (Lipinski definition) is 2. The van der Waals surface area contributed by atoms with E-state index in [9.17, 15) is 0 Å². The van der Waals surface area contributed by atoms with Gasteiger partial charge in [-0.25, -0.2) is 10.8 Å². The number of pyridine rings is 1. The Morgan fingerprint density at radius 1 is 1.59 bits per heavy atom. The normalized spacial score (nSPS) is 10.3. The molecule has 1 heterocycles. The van der Waals surface area contributed by atoms with Crippen LogP contribution in [0.3, 0.4) is 0 Å². The third kappa shape index (κ3) is 4.19. The number of nitrogens with zero attached hydrogens (tertiary/aromatic N) is 3. The molecule has 0 amide bonds. The van der Waals surface area contributed by atoms with Crippen molar-refractivity contribution in [1.82, 2.24) is 9.88 Å². The van der Waals surface area contributed by atoms with Gasteiger partial charge < -0.3 is 5.43 Å². The van der Waals surface area contributed by atoms with Gasteiger partial charge in [-0.2, -0.15) is 5.26 Å². The monoisotopic (exact) mass is 253 g/mol. The molecule has 0 radical (unpaired) electrons. The van der Waals surface area contributed by atoms with Crippen molar-refractivity contribution < 1.29 is 0 Å². The summed E-state index contributed by atoms with van der Waals surface area (Å²) in [6.07, 6.45) is 0.500. The Morgan fingerprint density at radius 2 is 2.35 bits per heavy atom. The SMILES string of the molecule is CCN(CCC#N)Cc1nc(NN)ccc1Cl. The van der Waals surface area contributed by atoms with Crippen molar-refractivity contribution in [1.29, 1.82) is 5.26 Å². The fourth-order valence-electron chi connectivity index (χ4n) is 1.44. The number of halogens is 1. The molecule has 6 heteroatoms. The Bertz CT molecular complexity index is 401. The lowest BCUT2D eigenvalue weighted by atomic mass is 10.3. The number of nitrogen functional groups attached to an aromatic ring is 1. The fraction of sp³-hybridized carbons (Fsp3) is 0.455. The summed E-state index contributed by atoms with van der Waals surface area (Å²) in [6, 6.07) is 5.61. The first-order valence-electron chi connectivity index (χ1n) is 5.42. The third-order valence-corrected chi connectivity index (χ3v) is 2.77. The van der Waals surface area contributed by atoms with Gasteiger partial charge in [0.25, 0.3) is 0 Å². The second kappa shape index (κ2) is 7.07. The van der Waals surface area contributed by atoms with Crippen LogP contribution in [0.4, 0.5) is 5.82 Å². The first kappa shape index (κ1) is 13.7. The van der Waals surface area contributed by atoms with Gasteiger partial charge in [0.2, 0.25) is 0 Å². The van der Waals surface area contributed by atoms with Gasteiger partial charge in [0.15, 0.2) is 0 Å². The molecule has 0 spiro atoms. The van der Waals surface area contributed by atoms with Crippen molar-refractivity contribution >= 4 is 17.4 Å². The Hall–Kier alpha value is -1.35. The van der Waals surface area contributed by atoms with Crippen LogP contribution in [-0.4, -0.2) is 23.0 Å². The molecule has 0 fully saturated rings. The molecule has 0 aliphatic rings. The van der Waals surface area contributed by atoms with Crippen LogP contribution in [0.1, 0.15) is 19.0 Å². The zero-order valence-electron chi connectivity index (χ0n) is 9.78. The van der Waals surface area contributed by atoms with Crippen LogP contribution >= 0.6 is 11.6 Å². The van der Waals surface area contributed by atoms with Gasteiger partial charge in [0.1, 0.15) is 5.82 Å². The van der Waals surface area contributed by atoms with E-state index in [1.165, 1.54) is 0 Å². The van der Waals surface area contributed by atoms with Gasteiger partial charge in [-0.1, -0.05) is 18.5 Å². The van der Waals surface area contributed by atoms with E-state index in [4.69, 9.17) is 22.7 Å². The van der Waals surface area contributed by atoms with E-state index in [0.717, 1.165) is 12.2 Å². The van der Waals surface area contributed by atoms with Crippen LogP contribution in [0.15, 0.2) is 12.1 Å². The molecule has 1 rings (SSSR count). The summed E-state index contributed by atoms with van der Waals surface area (Å²) in [5.41, 5.74) is 3.25. The number of nitrogens with two attached hydrogens (primary N) is 1. The third-order valence-electron chi connectivity index (χ3n) is 2.43. The molecule has 0 aliphatic heterocycles. The maximum absolute atomic E-state index is 8.57. The molecular weight excluding hydrogens is 238 g/mol. The Kier molecular flexibility index (Phi) is 5.70. The van der Waals surface area contributed by atoms with Crippen LogP contribution in [-0.2, 0) is 6.54 Å². The van der Waals surface area contributed by atoms with E-state index >= 15 is 0 Å². The molecule has 0 saturated carbocycles. The minimum absolute atomic E-state index is 0.500. The van der Waals surface area contributed by atoms with E-state index < -0.39 is 0 Å². The maximum atomic E-state index is 8.57. The van der Waals surface area contributed by atoms with Crippen molar-refractivity contribution in [2.45, 2.75) is 19.9 Å². The zero-order chi connectivity index (χ0) is 12.7. The van der Waals surface area contributed by atoms with Crippen LogP contribution in [0.25, 0.3) is 0 Å². The summed E-state index contributed by atoms with van der Waals surface area (Å²) in [4.78, 5) is 6.40. The van der Waals surface area contributed by atoms with Crippen LogP contribution < -0.4 is 11.3 Å². The van der Waals surface area contributed by atoms with Crippen LogP contribution in [0.5, 0.6) is 0 Å². The number of nitrogens with one attached hydrogen (secondary N) is 1. The number of hydrazine groups is 1. The Morgan fingerprint density at radius 3 is 2.94 bits per heavy atom. The van der Waals surface area contributed by atoms with Gasteiger partial charge in [-0.05, 0) is 18.7 Å². The lowest BCUT2D eigenvalue weighted by Gasteiger charge is -2.19. The Labute approximate surface area is 106 Å². The molecule has 0 bridgehead atoms. The molecule has 0 aliphatic carbocycles. The fourth-order valence-corrected chi connectivity index (χ4v) is 1.61. The van der Waals surface area contributed by atoms with Crippen molar-refractivity contribution in [2.24, 2.45) is 5.84 Å². The molecule has 17 heavy (non-hydrogen) atoms. The first-order chi connectivity index (χ1) is 8.21. The summed E-state index contributed by atoms with van der Waals surface area (Å²) in [5, 5.41) is 9.18. The standard InChI is InChI=1S/C11H16ClN5/c1-2-17(7-3-6-13)8-10-9(12)4-5-11(15-10)16-14/h4-5H,2-3,7-8,14H2,1H3,(H,15,16). The summed E-state index contributed by atoms with van der Waals surface area (Å²) in [6.45, 7) is 4.22. The van der Waals surface area contributed by atoms with Crippen molar-refractivity contribution in [3.8, 4) is 6.07 Å². The molecule has 3 N–H and O–H groups in total. The molecule has 1 aromatic heterocycles. The highest BCUT2D eigenvalue weighted by atomic mass is 35.5. The summed E-state index contributed by atoms with van der Waals surface area (Å²) < 4.78 is 0. The van der Waals surface area contributed by atoms with E-state index in [2.05, 4.69) is 21.4 Å². The minimum Gasteiger partial charge on any atom is -0.308 e. The summed E-state index contributed by atoms with van der Waals surface area (Å²) >= 11 is 6.07. The number of aromatic nitrogens is 1. The highest BCUT2D eigenvalue weighted by Gasteiger charge is 2.09. The second-order valence-electron chi connectivity index (χ2n) is 3.55. The Balaban J connectivity index is 2.74. The number of nitriles is 1. The van der Waals surface area contributed by atoms with Gasteiger partial charge in [-0.3, -0.25) is 4.90 Å². The summed E-state index contributed by atoms with van der Waals surface area (Å²) in [7, 11) is 0. The molecule has 92 valence electrons. The second-order valence-corrected chi connectivity index (χ2v) is 3.95. The molecule has 0 aromatic carbocycles. The van der Waals surface area contributed by atoms with Crippen molar-refractivity contribution in [2.75, 3.05) is 18.5 Å². The number of anilines is 1. The average molecular weight is 254 g/mol. The maximum Gasteiger partial charge on any atom is 0.140 e. The first-order valence-corrected chi connectivity index (χ1v) is 5.80. The number of hydrogen-bond acceptors (Lipinski definition) is 5. The molecule has 0 saturated heterocycles. The van der Waals surface area contributed by atoms with Gasteiger partial charge >= 0.3 is 0 Å². The lowest BCUT2D eigenvalue weighted by molar-refractivity contribution is 0.283. The van der Waals surface area contributed by atoms with Gasteiger partial charge in [0.05, 0.1) is 16.8 Å². The van der Waals surface area contributed by atoms with Crippen molar-refractivity contribution in [3.05, 3.63) is 22.8 Å². The van der Waals surface area contributed by atoms with E-state index in [1.807, 2.05) is 6.92 Å². The van der Waals surface area contributed by atoms with Crippen LogP contribution in [0, 0.1) is 11.3 Å². The predicted molar refractivity (Wildman–Crippen MR) is 68.2 cm³/mol. The quantitative estimate of drug-likeness (QED) is 0.597. The van der Waals surface area contributed by atoms with E-state index in [0.29, 0.717) is 30.4 Å². The molecule has 1 aromatic rings. The molecule has 0 unspecified atom stereocenters. The zero-order valence-corrected chi connectivity index (χ0v) is 10.5. The van der Waals surface area contributed by atoms with E-state index in [1.54, 1.807) is 12.1 Å². The van der Waals surface area contributed by atoms with Crippen molar-refractivity contribution in [3.63, 3.8) is 0 Å². The van der Waals surface area contributed by atoms with E-state index in [-0.39, 0.29) is 0 Å². The smallest absolute Gasteiger partial charge is 0.140 e. The lowest BCUT2D eigenvalue weighted by Crippen LogP contribution is -2.24. The highest BCUT2D eigenvalue weighted by molar-refractivity contribution is 6.31. The topological polar surface area (TPSA) is 78.0 Å².